The summed E-state index contributed by atoms with van der Waals surface area (Å²) in [6, 6.07) is 4.47. The molecule has 1 aromatic heterocycles. The van der Waals surface area contributed by atoms with Crippen LogP contribution in [0.25, 0.3) is 10.2 Å². The van der Waals surface area contributed by atoms with Gasteiger partial charge in [-0.15, -0.1) is 0 Å². The van der Waals surface area contributed by atoms with Crippen molar-refractivity contribution in [3.05, 3.63) is 17.7 Å². The Labute approximate surface area is 144 Å². The summed E-state index contributed by atoms with van der Waals surface area (Å²) in [5.41, 5.74) is 2.19. The van der Waals surface area contributed by atoms with Gasteiger partial charge in [0.1, 0.15) is 5.75 Å². The Hall–Kier alpha value is -1.86. The summed E-state index contributed by atoms with van der Waals surface area (Å²) in [4.78, 5) is 21.7. The largest absolute Gasteiger partial charge is 0.493 e. The number of hydrogen-bond acceptors (Lipinski definition) is 5. The number of carbonyl (C=O) groups is 1. The highest BCUT2D eigenvalue weighted by atomic mass is 32.1. The molecule has 5 rings (SSSR count). The summed E-state index contributed by atoms with van der Waals surface area (Å²) < 4.78 is 6.78. The number of carbonyl (C=O) groups excluding carboxylic acids is 1. The minimum absolute atomic E-state index is 0.00717. The van der Waals surface area contributed by atoms with Crippen molar-refractivity contribution in [2.24, 2.45) is 0 Å². The zero-order valence-corrected chi connectivity index (χ0v) is 14.4. The quantitative estimate of drug-likeness (QED) is 0.862. The van der Waals surface area contributed by atoms with E-state index in [-0.39, 0.29) is 18.1 Å². The Bertz CT molecular complexity index is 820. The summed E-state index contributed by atoms with van der Waals surface area (Å²) in [6.45, 7) is 2.70. The maximum Gasteiger partial charge on any atom is 0.324 e. The molecule has 2 amide bonds. The molecule has 24 heavy (non-hydrogen) atoms. The highest BCUT2D eigenvalue weighted by Gasteiger charge is 2.43. The Balaban J connectivity index is 1.57. The van der Waals surface area contributed by atoms with Gasteiger partial charge in [-0.05, 0) is 38.6 Å². The van der Waals surface area contributed by atoms with Gasteiger partial charge in [-0.2, -0.15) is 0 Å². The molecule has 3 aliphatic heterocycles. The van der Waals surface area contributed by atoms with Crippen LogP contribution in [0.1, 0.15) is 18.4 Å². The number of hydrogen-bond donors (Lipinski definition) is 1. The number of thiazole rings is 1. The number of rotatable bonds is 1. The van der Waals surface area contributed by atoms with Gasteiger partial charge in [0.15, 0.2) is 5.13 Å². The van der Waals surface area contributed by atoms with Crippen molar-refractivity contribution in [1.29, 1.82) is 0 Å². The van der Waals surface area contributed by atoms with Crippen molar-refractivity contribution in [3.63, 3.8) is 0 Å². The predicted molar refractivity (Wildman–Crippen MR) is 94.1 cm³/mol. The fraction of sp³-hybridized carbons (Fsp3) is 0.529. The summed E-state index contributed by atoms with van der Waals surface area (Å²) in [7, 11) is 2.13. The van der Waals surface area contributed by atoms with Crippen LogP contribution in [0.15, 0.2) is 12.1 Å². The van der Waals surface area contributed by atoms with E-state index < -0.39 is 0 Å². The van der Waals surface area contributed by atoms with Crippen molar-refractivity contribution >= 4 is 32.7 Å². The first kappa shape index (κ1) is 14.5. The van der Waals surface area contributed by atoms with Crippen molar-refractivity contribution in [2.45, 2.75) is 31.3 Å². The highest BCUT2D eigenvalue weighted by molar-refractivity contribution is 7.22. The molecule has 2 fully saturated rings. The Morgan fingerprint density at radius 2 is 2.33 bits per heavy atom. The molecule has 0 radical (unpaired) electrons. The summed E-state index contributed by atoms with van der Waals surface area (Å²) in [6.07, 6.45) is 3.05. The molecule has 0 aliphatic carbocycles. The zero-order chi connectivity index (χ0) is 16.3. The molecule has 2 aromatic rings. The van der Waals surface area contributed by atoms with Gasteiger partial charge in [-0.1, -0.05) is 11.3 Å². The molecule has 3 aliphatic rings. The second-order valence-electron chi connectivity index (χ2n) is 6.88. The molecule has 0 bridgehead atoms. The second-order valence-corrected chi connectivity index (χ2v) is 7.89. The molecule has 6 nitrogen and oxygen atoms in total. The van der Waals surface area contributed by atoms with E-state index in [1.54, 1.807) is 11.3 Å². The SMILES string of the molecule is CN1CCCC2NC(=O)N(c3nc4c5c(ccc4s3)OCC5)C2C1. The van der Waals surface area contributed by atoms with Gasteiger partial charge in [-0.25, -0.2) is 9.78 Å². The summed E-state index contributed by atoms with van der Waals surface area (Å²) in [5.74, 6) is 0.942. The van der Waals surface area contributed by atoms with Crippen molar-refractivity contribution in [2.75, 3.05) is 31.6 Å². The molecular weight excluding hydrogens is 324 g/mol. The van der Waals surface area contributed by atoms with Crippen LogP contribution in [0.5, 0.6) is 5.75 Å². The standard InChI is InChI=1S/C17H20N4O2S/c1-20-7-2-3-11-12(9-20)21(16(22)18-11)17-19-15-10-6-8-23-13(10)4-5-14(15)24-17/h4-5,11-12H,2-3,6-9H2,1H3,(H,18,22). The maximum atomic E-state index is 12.6. The van der Waals surface area contributed by atoms with Crippen molar-refractivity contribution in [1.82, 2.24) is 15.2 Å². The number of fused-ring (bicyclic) bond motifs is 4. The highest BCUT2D eigenvalue weighted by Crippen LogP contribution is 2.39. The third kappa shape index (κ3) is 2.11. The fourth-order valence-corrected chi connectivity index (χ4v) is 5.16. The van der Waals surface area contributed by atoms with E-state index in [2.05, 4.69) is 23.3 Å². The topological polar surface area (TPSA) is 57.7 Å². The van der Waals surface area contributed by atoms with E-state index >= 15 is 0 Å². The van der Waals surface area contributed by atoms with E-state index in [1.165, 1.54) is 5.56 Å². The Morgan fingerprint density at radius 1 is 1.42 bits per heavy atom. The van der Waals surface area contributed by atoms with Gasteiger partial charge in [0.25, 0.3) is 0 Å². The molecular formula is C17H20N4O2S. The third-order valence-electron chi connectivity index (χ3n) is 5.30. The molecule has 2 unspecified atom stereocenters. The number of amides is 2. The number of aromatic nitrogens is 1. The second kappa shape index (κ2) is 5.32. The number of urea groups is 1. The van der Waals surface area contributed by atoms with E-state index in [1.807, 2.05) is 11.0 Å². The summed E-state index contributed by atoms with van der Waals surface area (Å²) in [5, 5.41) is 3.97. The van der Waals surface area contributed by atoms with Gasteiger partial charge in [0.05, 0.1) is 28.9 Å². The molecule has 2 atom stereocenters. The van der Waals surface area contributed by atoms with Crippen LogP contribution < -0.4 is 15.0 Å². The first-order valence-electron chi connectivity index (χ1n) is 8.54. The first-order valence-corrected chi connectivity index (χ1v) is 9.36. The van der Waals surface area contributed by atoms with Gasteiger partial charge in [-0.3, -0.25) is 4.90 Å². The monoisotopic (exact) mass is 344 g/mol. The average molecular weight is 344 g/mol. The number of benzene rings is 1. The van der Waals surface area contributed by atoms with E-state index in [4.69, 9.17) is 9.72 Å². The molecule has 4 heterocycles. The number of nitrogens with zero attached hydrogens (tertiary/aromatic N) is 3. The lowest BCUT2D eigenvalue weighted by Crippen LogP contribution is -2.43. The van der Waals surface area contributed by atoms with E-state index in [9.17, 15) is 4.79 Å². The number of nitrogens with one attached hydrogen (secondary N) is 1. The maximum absolute atomic E-state index is 12.6. The van der Waals surface area contributed by atoms with Crippen LogP contribution in [-0.4, -0.2) is 54.7 Å². The molecule has 126 valence electrons. The average Bonchev–Trinajstić information content (AvgIpc) is 3.21. The molecule has 0 saturated carbocycles. The van der Waals surface area contributed by atoms with E-state index in [0.717, 1.165) is 60.1 Å². The smallest absolute Gasteiger partial charge is 0.324 e. The molecule has 7 heteroatoms. The Kier molecular flexibility index (Phi) is 3.21. The van der Waals surface area contributed by atoms with Crippen LogP contribution >= 0.6 is 11.3 Å². The number of anilines is 1. The van der Waals surface area contributed by atoms with Crippen molar-refractivity contribution in [3.8, 4) is 5.75 Å². The lowest BCUT2D eigenvalue weighted by atomic mass is 10.1. The zero-order valence-electron chi connectivity index (χ0n) is 13.6. The van der Waals surface area contributed by atoms with E-state index in [0.29, 0.717) is 0 Å². The number of likely N-dealkylation sites (tertiary alicyclic amines) is 1. The molecule has 1 aromatic carbocycles. The number of likely N-dealkylation sites (N-methyl/N-ethyl adjacent to an activating group) is 1. The molecule has 2 saturated heterocycles. The van der Waals surface area contributed by atoms with Crippen LogP contribution in [0.4, 0.5) is 9.93 Å². The van der Waals surface area contributed by atoms with Gasteiger partial charge >= 0.3 is 6.03 Å². The van der Waals surface area contributed by atoms with Crippen LogP contribution in [-0.2, 0) is 6.42 Å². The summed E-state index contributed by atoms with van der Waals surface area (Å²) >= 11 is 1.61. The van der Waals surface area contributed by atoms with Crippen LogP contribution in [0.3, 0.4) is 0 Å². The first-order chi connectivity index (χ1) is 11.7. The van der Waals surface area contributed by atoms with Gasteiger partial charge in [0.2, 0.25) is 0 Å². The fourth-order valence-electron chi connectivity index (χ4n) is 4.11. The molecule has 1 N–H and O–H groups in total. The minimum atomic E-state index is -0.00717. The van der Waals surface area contributed by atoms with Gasteiger partial charge < -0.3 is 15.0 Å². The molecule has 0 spiro atoms. The predicted octanol–water partition coefficient (Wildman–Crippen LogP) is 2.22. The van der Waals surface area contributed by atoms with Crippen molar-refractivity contribution < 1.29 is 9.53 Å². The third-order valence-corrected chi connectivity index (χ3v) is 6.32. The lowest BCUT2D eigenvalue weighted by Gasteiger charge is -2.25. The van der Waals surface area contributed by atoms with Crippen LogP contribution in [0, 0.1) is 0 Å². The van der Waals surface area contributed by atoms with Gasteiger partial charge in [0, 0.05) is 18.5 Å². The Morgan fingerprint density at radius 3 is 3.25 bits per heavy atom. The lowest BCUT2D eigenvalue weighted by molar-refractivity contribution is 0.249. The minimum Gasteiger partial charge on any atom is -0.493 e. The van der Waals surface area contributed by atoms with Crippen LogP contribution in [0.2, 0.25) is 0 Å². The normalized spacial score (nSPS) is 26.9. The number of ether oxygens (including phenoxy) is 1.